The van der Waals surface area contributed by atoms with Crippen molar-refractivity contribution in [2.45, 2.75) is 0 Å². The van der Waals surface area contributed by atoms with Crippen molar-refractivity contribution >= 4 is 17.8 Å². The van der Waals surface area contributed by atoms with E-state index in [1.165, 1.54) is 23.2 Å². The van der Waals surface area contributed by atoms with Crippen molar-refractivity contribution in [3.8, 4) is 5.75 Å². The van der Waals surface area contributed by atoms with Gasteiger partial charge in [-0.2, -0.15) is 0 Å². The van der Waals surface area contributed by atoms with E-state index < -0.39 is 6.03 Å². The van der Waals surface area contributed by atoms with E-state index in [1.54, 1.807) is 7.05 Å². The highest BCUT2D eigenvalue weighted by molar-refractivity contribution is 6.19. The topological polar surface area (TPSA) is 73.7 Å². The highest BCUT2D eigenvalue weighted by Crippen LogP contribution is 2.19. The third kappa shape index (κ3) is 1.50. The van der Waals surface area contributed by atoms with Crippen LogP contribution in [0.3, 0.4) is 0 Å². The lowest BCUT2D eigenvalue weighted by atomic mass is 10.4. The maximum absolute atomic E-state index is 11.5. The number of rotatable bonds is 1. The number of imide groups is 1. The summed E-state index contributed by atoms with van der Waals surface area (Å²) in [5.41, 5.74) is 0. The largest absolute Gasteiger partial charge is 0.506 e. The van der Waals surface area contributed by atoms with Crippen LogP contribution >= 0.6 is 0 Å². The molecule has 15 heavy (non-hydrogen) atoms. The fourth-order valence-corrected chi connectivity index (χ4v) is 1.35. The summed E-state index contributed by atoms with van der Waals surface area (Å²) in [7, 11) is 1.54. The third-order valence-corrected chi connectivity index (χ3v) is 2.10. The molecule has 0 aliphatic carbocycles. The lowest BCUT2D eigenvalue weighted by molar-refractivity contribution is -0.116. The van der Waals surface area contributed by atoms with Crippen molar-refractivity contribution in [2.75, 3.05) is 18.5 Å². The van der Waals surface area contributed by atoms with Gasteiger partial charge in [0.25, 0.3) is 5.91 Å². The number of amides is 3. The van der Waals surface area contributed by atoms with Crippen molar-refractivity contribution in [1.82, 2.24) is 9.88 Å². The van der Waals surface area contributed by atoms with Gasteiger partial charge >= 0.3 is 6.03 Å². The molecular formula is C9H9N3O3. The standard InChI is InChI=1S/C9H9N3O3/c1-11-5-8(14)12(9(11)15)7-3-2-6(13)4-10-7/h2-4,13H,5H2,1H3. The minimum atomic E-state index is -0.404. The van der Waals surface area contributed by atoms with Crippen molar-refractivity contribution in [1.29, 1.82) is 0 Å². The Hall–Kier alpha value is -2.11. The molecule has 0 aromatic carbocycles. The van der Waals surface area contributed by atoms with Gasteiger partial charge in [-0.15, -0.1) is 0 Å². The molecule has 0 spiro atoms. The van der Waals surface area contributed by atoms with Crippen LogP contribution < -0.4 is 4.90 Å². The Kier molecular flexibility index (Phi) is 2.03. The normalized spacial score (nSPS) is 16.3. The zero-order valence-corrected chi connectivity index (χ0v) is 8.04. The number of hydrogen-bond donors (Lipinski definition) is 1. The Bertz CT molecular complexity index is 415. The van der Waals surface area contributed by atoms with Gasteiger partial charge in [0.05, 0.1) is 6.20 Å². The van der Waals surface area contributed by atoms with E-state index in [4.69, 9.17) is 5.11 Å². The highest BCUT2D eigenvalue weighted by atomic mass is 16.3. The van der Waals surface area contributed by atoms with Gasteiger partial charge in [0, 0.05) is 7.05 Å². The van der Waals surface area contributed by atoms with Gasteiger partial charge in [0.2, 0.25) is 0 Å². The molecule has 6 nitrogen and oxygen atoms in total. The molecule has 1 N–H and O–H groups in total. The molecule has 6 heteroatoms. The Balaban J connectivity index is 2.35. The molecule has 3 amide bonds. The van der Waals surface area contributed by atoms with E-state index in [0.29, 0.717) is 0 Å². The molecule has 0 bridgehead atoms. The summed E-state index contributed by atoms with van der Waals surface area (Å²) < 4.78 is 0. The van der Waals surface area contributed by atoms with E-state index in [0.717, 1.165) is 4.90 Å². The van der Waals surface area contributed by atoms with Crippen LogP contribution in [-0.4, -0.2) is 40.5 Å². The molecule has 1 aromatic heterocycles. The molecule has 1 aliphatic rings. The number of anilines is 1. The van der Waals surface area contributed by atoms with E-state index in [2.05, 4.69) is 4.98 Å². The van der Waals surface area contributed by atoms with Crippen molar-refractivity contribution < 1.29 is 14.7 Å². The summed E-state index contributed by atoms with van der Waals surface area (Å²) in [6.07, 6.45) is 1.19. The van der Waals surface area contributed by atoms with Crippen molar-refractivity contribution in [2.24, 2.45) is 0 Å². The Labute approximate surface area is 85.7 Å². The summed E-state index contributed by atoms with van der Waals surface area (Å²) in [5, 5.41) is 9.02. The van der Waals surface area contributed by atoms with Gasteiger partial charge in [0.1, 0.15) is 18.1 Å². The van der Waals surface area contributed by atoms with Gasteiger partial charge in [-0.1, -0.05) is 0 Å². The van der Waals surface area contributed by atoms with Gasteiger partial charge in [-0.05, 0) is 12.1 Å². The predicted octanol–water partition coefficient (Wildman–Crippen LogP) is 0.186. The second-order valence-corrected chi connectivity index (χ2v) is 3.24. The third-order valence-electron chi connectivity index (χ3n) is 2.10. The van der Waals surface area contributed by atoms with Crippen LogP contribution in [0, 0.1) is 0 Å². The van der Waals surface area contributed by atoms with Crippen LogP contribution in [0.2, 0.25) is 0 Å². The first-order valence-corrected chi connectivity index (χ1v) is 4.32. The van der Waals surface area contributed by atoms with Gasteiger partial charge in [-0.25, -0.2) is 14.7 Å². The first kappa shape index (κ1) is 9.45. The van der Waals surface area contributed by atoms with Crippen LogP contribution in [0.25, 0.3) is 0 Å². The van der Waals surface area contributed by atoms with Crippen LogP contribution in [0.4, 0.5) is 10.6 Å². The lowest BCUT2D eigenvalue weighted by Gasteiger charge is -2.12. The molecule has 0 atom stereocenters. The van der Waals surface area contributed by atoms with Crippen molar-refractivity contribution in [3.63, 3.8) is 0 Å². The average Bonchev–Trinajstić information content (AvgIpc) is 2.44. The van der Waals surface area contributed by atoms with Gasteiger partial charge in [0.15, 0.2) is 0 Å². The predicted molar refractivity (Wildman–Crippen MR) is 51.4 cm³/mol. The summed E-state index contributed by atoms with van der Waals surface area (Å²) in [6.45, 7) is 0.0569. The zero-order valence-electron chi connectivity index (χ0n) is 8.04. The van der Waals surface area contributed by atoms with E-state index in [9.17, 15) is 9.59 Å². The Morgan fingerprint density at radius 2 is 2.13 bits per heavy atom. The summed E-state index contributed by atoms with van der Waals surface area (Å²) in [5.74, 6) is -0.0981. The number of nitrogens with zero attached hydrogens (tertiary/aromatic N) is 3. The second kappa shape index (κ2) is 3.23. The first-order chi connectivity index (χ1) is 7.09. The van der Waals surface area contributed by atoms with E-state index in [1.807, 2.05) is 0 Å². The molecule has 1 fully saturated rings. The smallest absolute Gasteiger partial charge is 0.332 e. The molecule has 0 radical (unpaired) electrons. The fourth-order valence-electron chi connectivity index (χ4n) is 1.35. The fraction of sp³-hybridized carbons (Fsp3) is 0.222. The quantitative estimate of drug-likeness (QED) is 0.667. The molecular weight excluding hydrogens is 198 g/mol. The summed E-state index contributed by atoms with van der Waals surface area (Å²) >= 11 is 0. The number of carbonyl (C=O) groups is 2. The number of aromatic nitrogens is 1. The van der Waals surface area contributed by atoms with Gasteiger partial charge < -0.3 is 10.0 Å². The minimum Gasteiger partial charge on any atom is -0.506 e. The zero-order chi connectivity index (χ0) is 11.0. The maximum atomic E-state index is 11.5. The summed E-state index contributed by atoms with van der Waals surface area (Å²) in [4.78, 5) is 29.1. The van der Waals surface area contributed by atoms with E-state index in [-0.39, 0.29) is 24.0 Å². The second-order valence-electron chi connectivity index (χ2n) is 3.24. The molecule has 0 unspecified atom stereocenters. The monoisotopic (exact) mass is 207 g/mol. The van der Waals surface area contributed by atoms with Crippen LogP contribution in [0.1, 0.15) is 0 Å². The molecule has 2 heterocycles. The lowest BCUT2D eigenvalue weighted by Crippen LogP contribution is -2.32. The van der Waals surface area contributed by atoms with Crippen LogP contribution in [-0.2, 0) is 4.79 Å². The van der Waals surface area contributed by atoms with Crippen LogP contribution in [0.15, 0.2) is 18.3 Å². The number of pyridine rings is 1. The number of likely N-dealkylation sites (N-methyl/N-ethyl adjacent to an activating group) is 1. The Morgan fingerprint density at radius 3 is 2.60 bits per heavy atom. The maximum Gasteiger partial charge on any atom is 0.332 e. The molecule has 1 aromatic rings. The SMILES string of the molecule is CN1CC(=O)N(c2ccc(O)cn2)C1=O. The molecule has 2 rings (SSSR count). The highest BCUT2D eigenvalue weighted by Gasteiger charge is 2.35. The molecule has 1 aliphatic heterocycles. The number of aromatic hydroxyl groups is 1. The number of urea groups is 1. The van der Waals surface area contributed by atoms with E-state index >= 15 is 0 Å². The molecule has 78 valence electrons. The van der Waals surface area contributed by atoms with Crippen molar-refractivity contribution in [3.05, 3.63) is 18.3 Å². The van der Waals surface area contributed by atoms with Gasteiger partial charge in [-0.3, -0.25) is 4.79 Å². The summed E-state index contributed by atoms with van der Waals surface area (Å²) in [6, 6.07) is 2.39. The minimum absolute atomic E-state index is 0.00815. The average molecular weight is 207 g/mol. The Morgan fingerprint density at radius 1 is 1.40 bits per heavy atom. The molecule has 1 saturated heterocycles. The first-order valence-electron chi connectivity index (χ1n) is 4.32. The number of carbonyl (C=O) groups excluding carboxylic acids is 2. The van der Waals surface area contributed by atoms with Crippen LogP contribution in [0.5, 0.6) is 5.75 Å². The molecule has 0 saturated carbocycles. The number of hydrogen-bond acceptors (Lipinski definition) is 4.